The van der Waals surface area contributed by atoms with Crippen LogP contribution in [-0.4, -0.2) is 35.9 Å². The molecule has 0 aromatic heterocycles. The molecule has 1 amide bonds. The maximum Gasteiger partial charge on any atom is 0.261 e. The lowest BCUT2D eigenvalue weighted by Gasteiger charge is -2.14. The van der Waals surface area contributed by atoms with Gasteiger partial charge in [-0.15, -0.1) is 0 Å². The fourth-order valence-corrected chi connectivity index (χ4v) is 2.26. The van der Waals surface area contributed by atoms with E-state index in [9.17, 15) is 4.79 Å². The van der Waals surface area contributed by atoms with Crippen molar-refractivity contribution in [2.45, 2.75) is 26.7 Å². The Morgan fingerprint density at radius 3 is 2.83 bits per heavy atom. The smallest absolute Gasteiger partial charge is 0.261 e. The summed E-state index contributed by atoms with van der Waals surface area (Å²) in [6.07, 6.45) is 1.48. The summed E-state index contributed by atoms with van der Waals surface area (Å²) in [5.74, 6) is 0.739. The first-order chi connectivity index (χ1) is 10.9. The topological polar surface area (TPSA) is 70.6 Å². The van der Waals surface area contributed by atoms with Crippen molar-refractivity contribution in [2.75, 3.05) is 19.8 Å². The molecule has 128 valence electrons. The molecule has 7 heteroatoms. The molecular formula is C16H23BrN2O3S. The number of nitrogens with one attached hydrogen (secondary N) is 2. The van der Waals surface area contributed by atoms with E-state index in [0.29, 0.717) is 36.8 Å². The molecule has 0 unspecified atom stereocenters. The van der Waals surface area contributed by atoms with Crippen LogP contribution in [0.2, 0.25) is 0 Å². The van der Waals surface area contributed by atoms with Crippen molar-refractivity contribution < 1.29 is 14.6 Å². The Kier molecular flexibility index (Phi) is 9.13. The minimum Gasteiger partial charge on any atom is -0.493 e. The van der Waals surface area contributed by atoms with Gasteiger partial charge in [0.05, 0.1) is 12.2 Å². The molecule has 0 heterocycles. The highest BCUT2D eigenvalue weighted by molar-refractivity contribution is 9.10. The molecule has 5 nitrogen and oxygen atoms in total. The lowest BCUT2D eigenvalue weighted by Crippen LogP contribution is -2.39. The molecule has 1 aromatic carbocycles. The van der Waals surface area contributed by atoms with Crippen molar-refractivity contribution in [2.24, 2.45) is 5.92 Å². The molecule has 0 aliphatic carbocycles. The van der Waals surface area contributed by atoms with Crippen LogP contribution in [0, 0.1) is 5.92 Å². The third-order valence-corrected chi connectivity index (χ3v) is 3.73. The van der Waals surface area contributed by atoms with Gasteiger partial charge in [0.2, 0.25) is 0 Å². The van der Waals surface area contributed by atoms with Gasteiger partial charge in [-0.05, 0) is 49.2 Å². The predicted octanol–water partition coefficient (Wildman–Crippen LogP) is 2.86. The zero-order valence-electron chi connectivity index (χ0n) is 13.4. The average Bonchev–Trinajstić information content (AvgIpc) is 2.48. The molecule has 0 aliphatic heterocycles. The summed E-state index contributed by atoms with van der Waals surface area (Å²) >= 11 is 8.43. The first-order valence-corrected chi connectivity index (χ1v) is 8.76. The van der Waals surface area contributed by atoms with Crippen molar-refractivity contribution in [1.82, 2.24) is 10.6 Å². The molecular weight excluding hydrogens is 380 g/mol. The number of carbonyl (C=O) groups excluding carboxylic acids is 1. The van der Waals surface area contributed by atoms with Crippen LogP contribution in [0.1, 0.15) is 37.0 Å². The van der Waals surface area contributed by atoms with Gasteiger partial charge in [0, 0.05) is 17.6 Å². The van der Waals surface area contributed by atoms with Gasteiger partial charge in [0.15, 0.2) is 5.11 Å². The summed E-state index contributed by atoms with van der Waals surface area (Å²) < 4.78 is 6.52. The Morgan fingerprint density at radius 1 is 1.43 bits per heavy atom. The van der Waals surface area contributed by atoms with Gasteiger partial charge in [-0.25, -0.2) is 0 Å². The minimum atomic E-state index is -0.327. The van der Waals surface area contributed by atoms with Crippen molar-refractivity contribution in [3.05, 3.63) is 28.2 Å². The first-order valence-electron chi connectivity index (χ1n) is 7.56. The fourth-order valence-electron chi connectivity index (χ4n) is 1.71. The molecule has 0 saturated heterocycles. The van der Waals surface area contributed by atoms with Crippen molar-refractivity contribution in [3.63, 3.8) is 0 Å². The number of halogens is 1. The second kappa shape index (κ2) is 10.6. The third-order valence-electron chi connectivity index (χ3n) is 2.99. The number of thiocarbonyl (C=S) groups is 1. The standard InChI is InChI=1S/C16H23BrN2O3S/c1-11(2)6-9-22-14-5-4-12(17)10-13(14)15(21)19-16(23)18-7-3-8-20/h4-5,10-11,20H,3,6-9H2,1-2H3,(H2,18,19,21,23). The number of aliphatic hydroxyl groups is 1. The molecule has 0 aliphatic rings. The maximum absolute atomic E-state index is 12.4. The number of amides is 1. The maximum atomic E-state index is 12.4. The van der Waals surface area contributed by atoms with E-state index < -0.39 is 0 Å². The van der Waals surface area contributed by atoms with Gasteiger partial charge < -0.3 is 15.2 Å². The van der Waals surface area contributed by atoms with E-state index >= 15 is 0 Å². The van der Waals surface area contributed by atoms with Gasteiger partial charge in [-0.2, -0.15) is 0 Å². The number of hydrogen-bond acceptors (Lipinski definition) is 4. The van der Waals surface area contributed by atoms with E-state index in [1.807, 2.05) is 6.07 Å². The highest BCUT2D eigenvalue weighted by Crippen LogP contribution is 2.23. The number of aliphatic hydroxyl groups excluding tert-OH is 1. The number of rotatable bonds is 8. The third kappa shape index (κ3) is 7.76. The molecule has 0 saturated carbocycles. The first kappa shape index (κ1) is 19.9. The van der Waals surface area contributed by atoms with Crippen molar-refractivity contribution >= 4 is 39.2 Å². The van der Waals surface area contributed by atoms with Crippen molar-refractivity contribution in [3.8, 4) is 5.75 Å². The number of hydrogen-bond donors (Lipinski definition) is 3. The zero-order valence-corrected chi connectivity index (χ0v) is 15.8. The zero-order chi connectivity index (χ0) is 17.2. The summed E-state index contributed by atoms with van der Waals surface area (Å²) in [5, 5.41) is 14.5. The molecule has 0 spiro atoms. The molecule has 0 bridgehead atoms. The normalized spacial score (nSPS) is 10.5. The second-order valence-electron chi connectivity index (χ2n) is 5.46. The number of benzene rings is 1. The van der Waals surface area contributed by atoms with Crippen LogP contribution in [0.15, 0.2) is 22.7 Å². The lowest BCUT2D eigenvalue weighted by atomic mass is 10.1. The highest BCUT2D eigenvalue weighted by atomic mass is 79.9. The predicted molar refractivity (Wildman–Crippen MR) is 98.9 cm³/mol. The lowest BCUT2D eigenvalue weighted by molar-refractivity contribution is 0.0972. The summed E-state index contributed by atoms with van der Waals surface area (Å²) in [6, 6.07) is 5.30. The number of ether oxygens (including phenoxy) is 1. The van der Waals surface area contributed by atoms with Crippen molar-refractivity contribution in [1.29, 1.82) is 0 Å². The monoisotopic (exact) mass is 402 g/mol. The van der Waals surface area contributed by atoms with Gasteiger partial charge >= 0.3 is 0 Å². The molecule has 3 N–H and O–H groups in total. The summed E-state index contributed by atoms with van der Waals surface area (Å²) in [4.78, 5) is 12.4. The second-order valence-corrected chi connectivity index (χ2v) is 6.78. The van der Waals surface area contributed by atoms with E-state index in [4.69, 9.17) is 22.1 Å². The molecule has 1 aromatic rings. The summed E-state index contributed by atoms with van der Waals surface area (Å²) in [5.41, 5.74) is 0.425. The molecule has 1 rings (SSSR count). The Morgan fingerprint density at radius 2 is 2.17 bits per heavy atom. The fraction of sp³-hybridized carbons (Fsp3) is 0.500. The van der Waals surface area contributed by atoms with Gasteiger partial charge in [-0.3, -0.25) is 10.1 Å². The van der Waals surface area contributed by atoms with Crippen LogP contribution >= 0.6 is 28.1 Å². The summed E-state index contributed by atoms with van der Waals surface area (Å²) in [6.45, 7) is 5.37. The van der Waals surface area contributed by atoms with Crippen LogP contribution in [-0.2, 0) is 0 Å². The van der Waals surface area contributed by atoms with Crippen LogP contribution in [0.25, 0.3) is 0 Å². The van der Waals surface area contributed by atoms with Crippen LogP contribution in [0.5, 0.6) is 5.75 Å². The van der Waals surface area contributed by atoms with Crippen LogP contribution in [0.4, 0.5) is 0 Å². The van der Waals surface area contributed by atoms with Crippen LogP contribution < -0.4 is 15.4 Å². The van der Waals surface area contributed by atoms with E-state index in [-0.39, 0.29) is 17.6 Å². The molecule has 0 fully saturated rings. The molecule has 0 atom stereocenters. The van der Waals surface area contributed by atoms with E-state index in [2.05, 4.69) is 40.4 Å². The average molecular weight is 403 g/mol. The number of carbonyl (C=O) groups is 1. The Bertz CT molecular complexity index is 538. The Hall–Kier alpha value is -1.18. The minimum absolute atomic E-state index is 0.0725. The van der Waals surface area contributed by atoms with Crippen LogP contribution in [0.3, 0.4) is 0 Å². The summed E-state index contributed by atoms with van der Waals surface area (Å²) in [7, 11) is 0. The Balaban J connectivity index is 2.70. The van der Waals surface area contributed by atoms with Gasteiger partial charge in [0.1, 0.15) is 5.75 Å². The molecule has 23 heavy (non-hydrogen) atoms. The largest absolute Gasteiger partial charge is 0.493 e. The van der Waals surface area contributed by atoms with Gasteiger partial charge in [0.25, 0.3) is 5.91 Å². The quantitative estimate of drug-likeness (QED) is 0.460. The SMILES string of the molecule is CC(C)CCOc1ccc(Br)cc1C(=O)NC(=S)NCCCO. The van der Waals surface area contributed by atoms with E-state index in [1.165, 1.54) is 0 Å². The highest BCUT2D eigenvalue weighted by Gasteiger charge is 2.15. The molecule has 0 radical (unpaired) electrons. The van der Waals surface area contributed by atoms with E-state index in [1.54, 1.807) is 12.1 Å². The van der Waals surface area contributed by atoms with E-state index in [0.717, 1.165) is 10.9 Å². The van der Waals surface area contributed by atoms with Gasteiger partial charge in [-0.1, -0.05) is 29.8 Å². The Labute approximate surface area is 150 Å².